The summed E-state index contributed by atoms with van der Waals surface area (Å²) in [5, 5.41) is 11.2. The Hall–Kier alpha value is -2.60. The minimum absolute atomic E-state index is 0.00665. The molecular weight excluding hydrogens is 440 g/mol. The van der Waals surface area contributed by atoms with Gasteiger partial charge in [0.2, 0.25) is 22.1 Å². The van der Waals surface area contributed by atoms with Crippen molar-refractivity contribution in [3.63, 3.8) is 0 Å². The van der Waals surface area contributed by atoms with Crippen LogP contribution in [0, 0.1) is 0 Å². The molecule has 0 aliphatic carbocycles. The number of hydrogen-bond acceptors (Lipinski definition) is 9. The van der Waals surface area contributed by atoms with Crippen LogP contribution in [0.2, 0.25) is 0 Å². The first-order chi connectivity index (χ1) is 14.8. The molecule has 170 valence electrons. The molecule has 2 amide bonds. The molecule has 10 nitrogen and oxygen atoms in total. The Bertz CT molecular complexity index is 904. The van der Waals surface area contributed by atoms with E-state index in [0.29, 0.717) is 40.6 Å². The van der Waals surface area contributed by atoms with Gasteiger partial charge in [0.25, 0.3) is 0 Å². The smallest absolute Gasteiger partial charge is 0.237 e. The molecule has 12 heteroatoms. The average molecular weight is 469 g/mol. The van der Waals surface area contributed by atoms with E-state index in [2.05, 4.69) is 15.5 Å². The van der Waals surface area contributed by atoms with Crippen LogP contribution in [0.1, 0.15) is 20.8 Å². The predicted molar refractivity (Wildman–Crippen MR) is 122 cm³/mol. The maximum Gasteiger partial charge on any atom is 0.237 e. The number of ether oxygens (including phenoxy) is 2. The van der Waals surface area contributed by atoms with Crippen LogP contribution >= 0.6 is 23.5 Å². The highest BCUT2D eigenvalue weighted by Crippen LogP contribution is 2.30. The standard InChI is InChI=1S/C19H28N6O4S2/c1-6-24(7-2)16(26)11-30-18-22-23-19(25(18)20)31-12(3)17(27)21-14-10-13(28-4)8-9-15(14)29-5/h8-10,12H,6-7,11,20H2,1-5H3,(H,21,27). The van der Waals surface area contributed by atoms with Crippen molar-refractivity contribution < 1.29 is 19.1 Å². The lowest BCUT2D eigenvalue weighted by Crippen LogP contribution is -2.32. The molecule has 3 N–H and O–H groups in total. The second-order valence-electron chi connectivity index (χ2n) is 6.31. The molecule has 1 unspecified atom stereocenters. The van der Waals surface area contributed by atoms with E-state index in [1.807, 2.05) is 13.8 Å². The number of thioether (sulfide) groups is 2. The van der Waals surface area contributed by atoms with Gasteiger partial charge >= 0.3 is 0 Å². The summed E-state index contributed by atoms with van der Waals surface area (Å²) in [4.78, 5) is 26.6. The van der Waals surface area contributed by atoms with Crippen LogP contribution < -0.4 is 20.6 Å². The molecule has 1 heterocycles. The molecule has 1 aromatic carbocycles. The summed E-state index contributed by atoms with van der Waals surface area (Å²) in [7, 11) is 3.07. The SMILES string of the molecule is CCN(CC)C(=O)CSc1nnc(SC(C)C(=O)Nc2cc(OC)ccc2OC)n1N. The van der Waals surface area contributed by atoms with Crippen molar-refractivity contribution in [1.29, 1.82) is 0 Å². The summed E-state index contributed by atoms with van der Waals surface area (Å²) in [6, 6.07) is 5.14. The number of benzene rings is 1. The van der Waals surface area contributed by atoms with E-state index in [0.717, 1.165) is 11.8 Å². The first-order valence-electron chi connectivity index (χ1n) is 9.65. The van der Waals surface area contributed by atoms with E-state index in [9.17, 15) is 9.59 Å². The molecule has 0 saturated heterocycles. The first kappa shape index (κ1) is 24.7. The number of nitrogen functional groups attached to an aromatic ring is 1. The number of nitrogens with two attached hydrogens (primary N) is 1. The Balaban J connectivity index is 2.00. The lowest BCUT2D eigenvalue weighted by atomic mass is 10.2. The molecule has 0 saturated carbocycles. The summed E-state index contributed by atoms with van der Waals surface area (Å²) in [5.41, 5.74) is 0.500. The van der Waals surface area contributed by atoms with Gasteiger partial charge in [0.05, 0.1) is 30.9 Å². The molecule has 0 fully saturated rings. The van der Waals surface area contributed by atoms with Gasteiger partial charge in [-0.05, 0) is 32.9 Å². The highest BCUT2D eigenvalue weighted by atomic mass is 32.2. The number of anilines is 1. The van der Waals surface area contributed by atoms with Crippen molar-refractivity contribution in [2.24, 2.45) is 0 Å². The van der Waals surface area contributed by atoms with Crippen molar-refractivity contribution in [2.45, 2.75) is 36.3 Å². The lowest BCUT2D eigenvalue weighted by molar-refractivity contribution is -0.128. The van der Waals surface area contributed by atoms with Crippen molar-refractivity contribution >= 4 is 41.0 Å². The Morgan fingerprint density at radius 1 is 1.19 bits per heavy atom. The summed E-state index contributed by atoms with van der Waals surface area (Å²) in [5.74, 6) is 7.15. The maximum atomic E-state index is 12.7. The molecule has 0 spiro atoms. The molecule has 0 aliphatic heterocycles. The summed E-state index contributed by atoms with van der Waals surface area (Å²) in [6.07, 6.45) is 0. The molecule has 1 atom stereocenters. The van der Waals surface area contributed by atoms with Crippen LogP contribution in [0.3, 0.4) is 0 Å². The van der Waals surface area contributed by atoms with Crippen LogP contribution in [-0.4, -0.2) is 69.9 Å². The van der Waals surface area contributed by atoms with Gasteiger partial charge in [0.15, 0.2) is 0 Å². The van der Waals surface area contributed by atoms with Crippen LogP contribution in [0.25, 0.3) is 0 Å². The number of rotatable bonds is 11. The van der Waals surface area contributed by atoms with Gasteiger partial charge in [-0.2, -0.15) is 0 Å². The molecule has 0 aliphatic rings. The molecular formula is C19H28N6O4S2. The Kier molecular flexibility index (Phi) is 9.31. The number of methoxy groups -OCH3 is 2. The summed E-state index contributed by atoms with van der Waals surface area (Å²) < 4.78 is 11.8. The van der Waals surface area contributed by atoms with Crippen molar-refractivity contribution in [1.82, 2.24) is 19.8 Å². The molecule has 31 heavy (non-hydrogen) atoms. The fourth-order valence-electron chi connectivity index (χ4n) is 2.59. The zero-order valence-electron chi connectivity index (χ0n) is 18.2. The van der Waals surface area contributed by atoms with Gasteiger partial charge in [-0.15, -0.1) is 10.2 Å². The second kappa shape index (κ2) is 11.7. The van der Waals surface area contributed by atoms with E-state index in [1.165, 1.54) is 23.5 Å². The second-order valence-corrected chi connectivity index (χ2v) is 8.56. The van der Waals surface area contributed by atoms with Gasteiger partial charge in [-0.25, -0.2) is 4.68 Å². The maximum absolute atomic E-state index is 12.7. The van der Waals surface area contributed by atoms with Crippen molar-refractivity contribution in [2.75, 3.05) is 44.2 Å². The van der Waals surface area contributed by atoms with E-state index in [1.54, 1.807) is 37.1 Å². The number of carbonyl (C=O) groups excluding carboxylic acids is 2. The zero-order valence-corrected chi connectivity index (χ0v) is 19.9. The fourth-order valence-corrected chi connectivity index (χ4v) is 4.18. The van der Waals surface area contributed by atoms with Gasteiger partial charge in [0.1, 0.15) is 11.5 Å². The predicted octanol–water partition coefficient (Wildman–Crippen LogP) is 2.09. The van der Waals surface area contributed by atoms with Gasteiger partial charge in [-0.1, -0.05) is 23.5 Å². The lowest BCUT2D eigenvalue weighted by Gasteiger charge is -2.17. The van der Waals surface area contributed by atoms with Crippen LogP contribution in [0.15, 0.2) is 28.5 Å². The minimum atomic E-state index is -0.516. The molecule has 2 rings (SSSR count). The van der Waals surface area contributed by atoms with E-state index >= 15 is 0 Å². The fraction of sp³-hybridized carbons (Fsp3) is 0.474. The monoisotopic (exact) mass is 468 g/mol. The number of aromatic nitrogens is 3. The minimum Gasteiger partial charge on any atom is -0.497 e. The summed E-state index contributed by atoms with van der Waals surface area (Å²) in [6.45, 7) is 6.89. The van der Waals surface area contributed by atoms with Crippen LogP contribution in [-0.2, 0) is 9.59 Å². The third-order valence-corrected chi connectivity index (χ3v) is 6.37. The van der Waals surface area contributed by atoms with E-state index in [4.69, 9.17) is 15.3 Å². The average Bonchev–Trinajstić information content (AvgIpc) is 3.12. The van der Waals surface area contributed by atoms with Crippen molar-refractivity contribution in [3.8, 4) is 11.5 Å². The molecule has 2 aromatic rings. The largest absolute Gasteiger partial charge is 0.497 e. The highest BCUT2D eigenvalue weighted by Gasteiger charge is 2.21. The van der Waals surface area contributed by atoms with E-state index in [-0.39, 0.29) is 17.6 Å². The number of nitrogens with zero attached hydrogens (tertiary/aromatic N) is 4. The molecule has 0 radical (unpaired) electrons. The Labute approximate surface area is 190 Å². The van der Waals surface area contributed by atoms with E-state index < -0.39 is 5.25 Å². The number of hydrogen-bond donors (Lipinski definition) is 2. The quantitative estimate of drug-likeness (QED) is 0.377. The number of nitrogens with one attached hydrogen (secondary N) is 1. The molecule has 1 aromatic heterocycles. The van der Waals surface area contributed by atoms with Crippen LogP contribution in [0.4, 0.5) is 5.69 Å². The van der Waals surface area contributed by atoms with Gasteiger partial charge in [-0.3, -0.25) is 9.59 Å². The zero-order chi connectivity index (χ0) is 23.0. The highest BCUT2D eigenvalue weighted by molar-refractivity contribution is 8.00. The summed E-state index contributed by atoms with van der Waals surface area (Å²) >= 11 is 2.37. The van der Waals surface area contributed by atoms with Gasteiger partial charge in [0, 0.05) is 19.2 Å². The number of carbonyl (C=O) groups is 2. The topological polar surface area (TPSA) is 125 Å². The Morgan fingerprint density at radius 3 is 2.48 bits per heavy atom. The normalized spacial score (nSPS) is 11.6. The van der Waals surface area contributed by atoms with Crippen LogP contribution in [0.5, 0.6) is 11.5 Å². The Morgan fingerprint density at radius 2 is 1.87 bits per heavy atom. The third kappa shape index (κ3) is 6.44. The third-order valence-electron chi connectivity index (χ3n) is 4.39. The first-order valence-corrected chi connectivity index (χ1v) is 11.5. The number of amides is 2. The van der Waals surface area contributed by atoms with Gasteiger partial charge < -0.3 is 25.5 Å². The molecule has 0 bridgehead atoms. The van der Waals surface area contributed by atoms with Crippen molar-refractivity contribution in [3.05, 3.63) is 18.2 Å².